The summed E-state index contributed by atoms with van der Waals surface area (Å²) < 4.78 is 39.5. The maximum atomic E-state index is 12.8. The lowest BCUT2D eigenvalue weighted by Crippen LogP contribution is -2.40. The first-order chi connectivity index (χ1) is 9.61. The Kier molecular flexibility index (Phi) is 3.52. The van der Waals surface area contributed by atoms with Crippen molar-refractivity contribution in [3.05, 3.63) is 61.9 Å². The van der Waals surface area contributed by atoms with Crippen molar-refractivity contribution in [3.63, 3.8) is 0 Å². The Morgan fingerprint density at radius 2 is 1.48 bits per heavy atom. The molecule has 1 heterocycles. The number of aryl methyl sites for hydroxylation is 2. The molecule has 2 aromatic rings. The monoisotopic (exact) mass is 298 g/mol. The molecule has 0 radical (unpaired) electrons. The number of benzene rings is 1. The number of hydrogen-bond donors (Lipinski definition) is 0. The fourth-order valence-corrected chi connectivity index (χ4v) is 2.22. The topological polar surface area (TPSA) is 44.0 Å². The molecule has 1 aromatic carbocycles. The average molecular weight is 298 g/mol. The van der Waals surface area contributed by atoms with Gasteiger partial charge in [0.25, 0.3) is 5.56 Å². The summed E-state index contributed by atoms with van der Waals surface area (Å²) in [7, 11) is 0.990. The fourth-order valence-electron chi connectivity index (χ4n) is 2.22. The van der Waals surface area contributed by atoms with E-state index in [1.807, 2.05) is 6.07 Å². The zero-order valence-corrected chi connectivity index (χ0v) is 11.7. The van der Waals surface area contributed by atoms with Crippen LogP contribution < -0.4 is 11.2 Å². The third kappa shape index (κ3) is 2.76. The SMILES string of the molecule is Cc1cc(C)cc(-n2c(=O)cc(C(F)(F)F)n(C)c2=O)c1. The normalized spacial score (nSPS) is 11.7. The molecule has 0 aliphatic carbocycles. The van der Waals surface area contributed by atoms with Gasteiger partial charge in [-0.15, -0.1) is 0 Å². The molecule has 0 bridgehead atoms. The Morgan fingerprint density at radius 3 is 1.95 bits per heavy atom. The van der Waals surface area contributed by atoms with Crippen molar-refractivity contribution < 1.29 is 13.2 Å². The van der Waals surface area contributed by atoms with Crippen molar-refractivity contribution in [3.8, 4) is 5.69 Å². The number of hydrogen-bond acceptors (Lipinski definition) is 2. The van der Waals surface area contributed by atoms with Crippen molar-refractivity contribution in [2.24, 2.45) is 7.05 Å². The van der Waals surface area contributed by atoms with E-state index in [2.05, 4.69) is 0 Å². The summed E-state index contributed by atoms with van der Waals surface area (Å²) in [5, 5.41) is 0. The summed E-state index contributed by atoms with van der Waals surface area (Å²) in [6.07, 6.45) is -4.76. The Hall–Kier alpha value is -2.31. The van der Waals surface area contributed by atoms with E-state index in [1.54, 1.807) is 26.0 Å². The van der Waals surface area contributed by atoms with E-state index in [9.17, 15) is 22.8 Å². The first-order valence-corrected chi connectivity index (χ1v) is 6.10. The van der Waals surface area contributed by atoms with E-state index in [-0.39, 0.29) is 5.69 Å². The lowest BCUT2D eigenvalue weighted by atomic mass is 10.1. The van der Waals surface area contributed by atoms with Gasteiger partial charge >= 0.3 is 11.9 Å². The van der Waals surface area contributed by atoms with Crippen LogP contribution in [0.1, 0.15) is 16.8 Å². The number of nitrogens with zero attached hydrogens (tertiary/aromatic N) is 2. The highest BCUT2D eigenvalue weighted by molar-refractivity contribution is 5.39. The van der Waals surface area contributed by atoms with Crippen LogP contribution in [-0.2, 0) is 13.2 Å². The molecule has 0 saturated heterocycles. The smallest absolute Gasteiger partial charge is 0.292 e. The molecule has 0 aliphatic rings. The Labute approximate surface area is 118 Å². The number of halogens is 3. The van der Waals surface area contributed by atoms with Crippen LogP contribution in [-0.4, -0.2) is 9.13 Å². The molecule has 0 unspecified atom stereocenters. The summed E-state index contributed by atoms with van der Waals surface area (Å²) in [6.45, 7) is 3.55. The van der Waals surface area contributed by atoms with Crippen LogP contribution >= 0.6 is 0 Å². The highest BCUT2D eigenvalue weighted by Gasteiger charge is 2.35. The highest BCUT2D eigenvalue weighted by atomic mass is 19.4. The van der Waals surface area contributed by atoms with Gasteiger partial charge in [-0.1, -0.05) is 6.07 Å². The van der Waals surface area contributed by atoms with Crippen LogP contribution in [0, 0.1) is 13.8 Å². The number of alkyl halides is 3. The molecule has 0 aliphatic heterocycles. The molecule has 7 heteroatoms. The summed E-state index contributed by atoms with van der Waals surface area (Å²) in [4.78, 5) is 24.0. The quantitative estimate of drug-likeness (QED) is 0.810. The summed E-state index contributed by atoms with van der Waals surface area (Å²) in [5.41, 5.74) is -1.43. The minimum Gasteiger partial charge on any atom is -0.292 e. The van der Waals surface area contributed by atoms with Crippen LogP contribution in [0.3, 0.4) is 0 Å². The van der Waals surface area contributed by atoms with E-state index >= 15 is 0 Å². The van der Waals surface area contributed by atoms with E-state index < -0.39 is 23.1 Å². The van der Waals surface area contributed by atoms with Crippen molar-refractivity contribution in [1.29, 1.82) is 0 Å². The summed E-state index contributed by atoms with van der Waals surface area (Å²) in [5.74, 6) is 0. The standard InChI is InChI=1S/C14H13F3N2O2/c1-8-4-9(2)6-10(5-8)19-12(20)7-11(14(15,16)17)18(3)13(19)21/h4-7H,1-3H3. The first kappa shape index (κ1) is 15.1. The predicted octanol–water partition coefficient (Wildman–Crippen LogP) is 2.17. The van der Waals surface area contributed by atoms with Crippen molar-refractivity contribution in [1.82, 2.24) is 9.13 Å². The van der Waals surface area contributed by atoms with Gasteiger partial charge in [-0.05, 0) is 37.1 Å². The van der Waals surface area contributed by atoms with Crippen LogP contribution in [0.4, 0.5) is 13.2 Å². The lowest BCUT2D eigenvalue weighted by Gasteiger charge is -2.14. The van der Waals surface area contributed by atoms with Gasteiger partial charge < -0.3 is 0 Å². The molecule has 1 aromatic heterocycles. The molecular formula is C14H13F3N2O2. The van der Waals surface area contributed by atoms with Crippen molar-refractivity contribution in [2.75, 3.05) is 0 Å². The van der Waals surface area contributed by atoms with Crippen molar-refractivity contribution in [2.45, 2.75) is 20.0 Å². The minimum absolute atomic E-state index is 0.256. The fraction of sp³-hybridized carbons (Fsp3) is 0.286. The average Bonchev–Trinajstić information content (AvgIpc) is 2.31. The third-order valence-electron chi connectivity index (χ3n) is 3.08. The van der Waals surface area contributed by atoms with Crippen molar-refractivity contribution >= 4 is 0 Å². The molecule has 0 amide bonds. The molecule has 0 atom stereocenters. The second-order valence-electron chi connectivity index (χ2n) is 4.89. The van der Waals surface area contributed by atoms with Gasteiger partial charge in [0.15, 0.2) is 0 Å². The van der Waals surface area contributed by atoms with E-state index in [0.717, 1.165) is 22.7 Å². The van der Waals surface area contributed by atoms with Crippen LogP contribution in [0.15, 0.2) is 33.9 Å². The maximum Gasteiger partial charge on any atom is 0.431 e. The molecule has 0 N–H and O–H groups in total. The maximum absolute atomic E-state index is 12.8. The predicted molar refractivity (Wildman–Crippen MR) is 71.8 cm³/mol. The zero-order valence-electron chi connectivity index (χ0n) is 11.7. The Balaban J connectivity index is 2.81. The first-order valence-electron chi connectivity index (χ1n) is 6.10. The molecule has 112 valence electrons. The molecule has 0 spiro atoms. The van der Waals surface area contributed by atoms with E-state index in [4.69, 9.17) is 0 Å². The van der Waals surface area contributed by atoms with Gasteiger partial charge in [-0.3, -0.25) is 9.36 Å². The molecular weight excluding hydrogens is 285 g/mol. The minimum atomic E-state index is -4.76. The molecule has 4 nitrogen and oxygen atoms in total. The number of rotatable bonds is 1. The van der Waals surface area contributed by atoms with Gasteiger partial charge in [-0.25, -0.2) is 9.36 Å². The summed E-state index contributed by atoms with van der Waals surface area (Å²) in [6, 6.07) is 5.41. The molecule has 2 rings (SSSR count). The van der Waals surface area contributed by atoms with Gasteiger partial charge in [0.2, 0.25) is 0 Å². The second kappa shape index (κ2) is 4.91. The van der Waals surface area contributed by atoms with Crippen LogP contribution in [0.5, 0.6) is 0 Å². The zero-order chi connectivity index (χ0) is 15.9. The second-order valence-corrected chi connectivity index (χ2v) is 4.89. The largest absolute Gasteiger partial charge is 0.431 e. The molecule has 0 saturated carbocycles. The molecule has 21 heavy (non-hydrogen) atoms. The highest BCUT2D eigenvalue weighted by Crippen LogP contribution is 2.27. The Bertz CT molecular complexity index is 796. The van der Waals surface area contributed by atoms with E-state index in [0.29, 0.717) is 10.6 Å². The number of aromatic nitrogens is 2. The molecule has 0 fully saturated rings. The third-order valence-corrected chi connectivity index (χ3v) is 3.08. The van der Waals surface area contributed by atoms with Crippen LogP contribution in [0.25, 0.3) is 5.69 Å². The van der Waals surface area contributed by atoms with Gasteiger partial charge in [0, 0.05) is 13.1 Å². The van der Waals surface area contributed by atoms with Gasteiger partial charge in [0.1, 0.15) is 5.69 Å². The Morgan fingerprint density at radius 1 is 0.952 bits per heavy atom. The lowest BCUT2D eigenvalue weighted by molar-refractivity contribution is -0.144. The van der Waals surface area contributed by atoms with Gasteiger partial charge in [-0.2, -0.15) is 13.2 Å². The van der Waals surface area contributed by atoms with Gasteiger partial charge in [0.05, 0.1) is 5.69 Å². The van der Waals surface area contributed by atoms with E-state index in [1.165, 1.54) is 0 Å². The summed E-state index contributed by atoms with van der Waals surface area (Å²) >= 11 is 0. The van der Waals surface area contributed by atoms with Crippen LogP contribution in [0.2, 0.25) is 0 Å².